The summed E-state index contributed by atoms with van der Waals surface area (Å²) in [6, 6.07) is 6.65. The minimum absolute atomic E-state index is 1.03. The molecule has 0 heteroatoms. The molecule has 1 aromatic carbocycles. The van der Waals surface area contributed by atoms with Crippen molar-refractivity contribution < 1.29 is 0 Å². The zero-order valence-corrected chi connectivity index (χ0v) is 8.85. The highest BCUT2D eigenvalue weighted by Gasteiger charge is 2.01. The second kappa shape index (κ2) is 4.27. The van der Waals surface area contributed by atoms with Crippen molar-refractivity contribution in [2.75, 3.05) is 0 Å². The van der Waals surface area contributed by atoms with E-state index < -0.39 is 0 Å². The third-order valence-corrected chi connectivity index (χ3v) is 2.51. The lowest BCUT2D eigenvalue weighted by Crippen LogP contribution is -1.89. The molecule has 0 radical (unpaired) electrons. The molecule has 0 unspecified atom stereocenters. The van der Waals surface area contributed by atoms with E-state index in [9.17, 15) is 0 Å². The summed E-state index contributed by atoms with van der Waals surface area (Å²) in [7, 11) is 0. The van der Waals surface area contributed by atoms with Crippen LogP contribution in [0.5, 0.6) is 0 Å². The Morgan fingerprint density at radius 1 is 1.31 bits per heavy atom. The van der Waals surface area contributed by atoms with Crippen molar-refractivity contribution in [3.8, 4) is 0 Å². The molecule has 0 nitrogen and oxygen atoms in total. The zero-order valence-electron chi connectivity index (χ0n) is 8.85. The molecule has 0 heterocycles. The van der Waals surface area contributed by atoms with Gasteiger partial charge in [0.2, 0.25) is 0 Å². The van der Waals surface area contributed by atoms with Crippen LogP contribution in [-0.2, 0) is 6.42 Å². The van der Waals surface area contributed by atoms with Crippen LogP contribution in [0, 0.1) is 6.92 Å². The second-order valence-corrected chi connectivity index (χ2v) is 3.46. The van der Waals surface area contributed by atoms with Crippen molar-refractivity contribution in [1.29, 1.82) is 0 Å². The molecule has 0 aliphatic carbocycles. The fourth-order valence-corrected chi connectivity index (χ4v) is 1.53. The van der Waals surface area contributed by atoms with Gasteiger partial charge in [-0.1, -0.05) is 38.6 Å². The zero-order chi connectivity index (χ0) is 9.84. The normalized spacial score (nSPS) is 10.1. The molecule has 1 rings (SSSR count). The number of rotatable bonds is 3. The van der Waals surface area contributed by atoms with Crippen molar-refractivity contribution in [1.82, 2.24) is 0 Å². The van der Waals surface area contributed by atoms with E-state index in [1.54, 1.807) is 0 Å². The molecule has 0 aliphatic rings. The molecular weight excluding hydrogens is 156 g/mol. The first-order valence-corrected chi connectivity index (χ1v) is 4.96. The molecular formula is C13H18. The molecule has 0 amide bonds. The number of allylic oxidation sites excluding steroid dienone is 1. The summed E-state index contributed by atoms with van der Waals surface area (Å²) in [6.45, 7) is 10.6. The SMILES string of the molecule is C=C(CC)c1ccc(CC)cc1C. The van der Waals surface area contributed by atoms with E-state index in [4.69, 9.17) is 0 Å². The summed E-state index contributed by atoms with van der Waals surface area (Å²) in [6.07, 6.45) is 2.14. The van der Waals surface area contributed by atoms with E-state index in [0.29, 0.717) is 0 Å². The summed E-state index contributed by atoms with van der Waals surface area (Å²) in [4.78, 5) is 0. The van der Waals surface area contributed by atoms with Gasteiger partial charge in [-0.25, -0.2) is 0 Å². The van der Waals surface area contributed by atoms with Crippen LogP contribution in [0.2, 0.25) is 0 Å². The van der Waals surface area contributed by atoms with E-state index in [0.717, 1.165) is 12.8 Å². The molecule has 0 fully saturated rings. The Morgan fingerprint density at radius 2 is 2.00 bits per heavy atom. The van der Waals surface area contributed by atoms with E-state index in [2.05, 4.69) is 45.5 Å². The molecule has 0 bridgehead atoms. The van der Waals surface area contributed by atoms with Crippen molar-refractivity contribution in [3.05, 3.63) is 41.5 Å². The molecule has 70 valence electrons. The smallest absolute Gasteiger partial charge is 0.0201 e. The highest BCUT2D eigenvalue weighted by Crippen LogP contribution is 2.21. The topological polar surface area (TPSA) is 0 Å². The van der Waals surface area contributed by atoms with Gasteiger partial charge in [0.15, 0.2) is 0 Å². The van der Waals surface area contributed by atoms with E-state index in [1.807, 2.05) is 0 Å². The van der Waals surface area contributed by atoms with Crippen LogP contribution in [0.15, 0.2) is 24.8 Å². The molecule has 13 heavy (non-hydrogen) atoms. The first-order valence-electron chi connectivity index (χ1n) is 4.96. The summed E-state index contributed by atoms with van der Waals surface area (Å²) in [5.74, 6) is 0. The lowest BCUT2D eigenvalue weighted by Gasteiger charge is -2.08. The molecule has 0 spiro atoms. The van der Waals surface area contributed by atoms with Crippen molar-refractivity contribution in [2.45, 2.75) is 33.6 Å². The minimum Gasteiger partial charge on any atom is -0.0952 e. The van der Waals surface area contributed by atoms with Gasteiger partial charge < -0.3 is 0 Å². The van der Waals surface area contributed by atoms with Gasteiger partial charge in [0, 0.05) is 0 Å². The Balaban J connectivity index is 3.05. The quantitative estimate of drug-likeness (QED) is 0.650. The largest absolute Gasteiger partial charge is 0.0952 e. The average molecular weight is 174 g/mol. The fourth-order valence-electron chi connectivity index (χ4n) is 1.53. The summed E-state index contributed by atoms with van der Waals surface area (Å²) < 4.78 is 0. The van der Waals surface area contributed by atoms with Crippen molar-refractivity contribution >= 4 is 5.57 Å². The van der Waals surface area contributed by atoms with Gasteiger partial charge in [-0.3, -0.25) is 0 Å². The van der Waals surface area contributed by atoms with Gasteiger partial charge in [0.25, 0.3) is 0 Å². The molecule has 0 saturated heterocycles. The lowest BCUT2D eigenvalue weighted by atomic mass is 9.97. The van der Waals surface area contributed by atoms with Crippen LogP contribution in [0.25, 0.3) is 5.57 Å². The van der Waals surface area contributed by atoms with Crippen LogP contribution in [0.4, 0.5) is 0 Å². The molecule has 0 atom stereocenters. The molecule has 1 aromatic rings. The van der Waals surface area contributed by atoms with Crippen LogP contribution in [0.1, 0.15) is 37.0 Å². The molecule has 0 N–H and O–H groups in total. The Hall–Kier alpha value is -1.04. The third kappa shape index (κ3) is 2.21. The summed E-state index contributed by atoms with van der Waals surface area (Å²) in [5.41, 5.74) is 5.32. The van der Waals surface area contributed by atoms with Crippen LogP contribution < -0.4 is 0 Å². The molecule has 0 aliphatic heterocycles. The monoisotopic (exact) mass is 174 g/mol. The summed E-state index contributed by atoms with van der Waals surface area (Å²) in [5, 5.41) is 0. The number of hydrogen-bond donors (Lipinski definition) is 0. The summed E-state index contributed by atoms with van der Waals surface area (Å²) >= 11 is 0. The minimum atomic E-state index is 1.03. The van der Waals surface area contributed by atoms with E-state index in [1.165, 1.54) is 22.3 Å². The Bertz CT molecular complexity index is 308. The average Bonchev–Trinajstić information content (AvgIpc) is 2.16. The number of benzene rings is 1. The first-order chi connectivity index (χ1) is 6.19. The predicted molar refractivity (Wildman–Crippen MR) is 59.9 cm³/mol. The van der Waals surface area contributed by atoms with Crippen molar-refractivity contribution in [2.24, 2.45) is 0 Å². The predicted octanol–water partition coefficient (Wildman–Crippen LogP) is 3.98. The van der Waals surface area contributed by atoms with Gasteiger partial charge in [-0.2, -0.15) is 0 Å². The third-order valence-electron chi connectivity index (χ3n) is 2.51. The van der Waals surface area contributed by atoms with E-state index >= 15 is 0 Å². The van der Waals surface area contributed by atoms with Crippen molar-refractivity contribution in [3.63, 3.8) is 0 Å². The Morgan fingerprint density at radius 3 is 2.46 bits per heavy atom. The maximum absolute atomic E-state index is 4.06. The Labute approximate surface area is 81.3 Å². The number of aryl methyl sites for hydroxylation is 2. The van der Waals surface area contributed by atoms with Gasteiger partial charge in [0.1, 0.15) is 0 Å². The first kappa shape index (κ1) is 10.0. The molecule has 0 aromatic heterocycles. The van der Waals surface area contributed by atoms with Gasteiger partial charge in [-0.15, -0.1) is 0 Å². The van der Waals surface area contributed by atoms with Crippen LogP contribution >= 0.6 is 0 Å². The number of hydrogen-bond acceptors (Lipinski definition) is 0. The fraction of sp³-hybridized carbons (Fsp3) is 0.385. The maximum Gasteiger partial charge on any atom is -0.0201 e. The standard InChI is InChI=1S/C13H18/c1-5-10(3)13-8-7-12(6-2)9-11(13)4/h7-9H,3,5-6H2,1-2,4H3. The highest BCUT2D eigenvalue weighted by molar-refractivity contribution is 5.66. The van der Waals surface area contributed by atoms with Gasteiger partial charge >= 0.3 is 0 Å². The second-order valence-electron chi connectivity index (χ2n) is 3.46. The van der Waals surface area contributed by atoms with Crippen LogP contribution in [-0.4, -0.2) is 0 Å². The molecule has 0 saturated carbocycles. The lowest BCUT2D eigenvalue weighted by molar-refractivity contribution is 1.12. The van der Waals surface area contributed by atoms with Crippen LogP contribution in [0.3, 0.4) is 0 Å². The highest BCUT2D eigenvalue weighted by atomic mass is 14.1. The maximum atomic E-state index is 4.06. The van der Waals surface area contributed by atoms with Gasteiger partial charge in [0.05, 0.1) is 0 Å². The van der Waals surface area contributed by atoms with E-state index in [-0.39, 0.29) is 0 Å². The Kier molecular flexibility index (Phi) is 3.30. The van der Waals surface area contributed by atoms with Gasteiger partial charge in [-0.05, 0) is 42.0 Å².